The van der Waals surface area contributed by atoms with E-state index in [0.717, 1.165) is 0 Å². The van der Waals surface area contributed by atoms with Crippen molar-refractivity contribution >= 4 is 29.5 Å². The van der Waals surface area contributed by atoms with Crippen molar-refractivity contribution in [2.45, 2.75) is 19.9 Å². The third-order valence-corrected chi connectivity index (χ3v) is 5.30. The topological polar surface area (TPSA) is 116 Å². The SMILES string of the molecule is CC(C)[C@H](NC(=O)c1cc(Cl)nc(-c2ccc(F)cc2)n1)C(=O)N1CCN(C(=O)O)CC1. The van der Waals surface area contributed by atoms with E-state index in [1.54, 1.807) is 18.7 Å². The summed E-state index contributed by atoms with van der Waals surface area (Å²) >= 11 is 6.06. The van der Waals surface area contributed by atoms with Crippen molar-refractivity contribution in [3.63, 3.8) is 0 Å². The predicted octanol–water partition coefficient (Wildman–Crippen LogP) is 2.51. The predicted molar refractivity (Wildman–Crippen MR) is 115 cm³/mol. The fourth-order valence-corrected chi connectivity index (χ4v) is 3.49. The largest absolute Gasteiger partial charge is 0.465 e. The Kier molecular flexibility index (Phi) is 7.24. The van der Waals surface area contributed by atoms with Gasteiger partial charge in [0.25, 0.3) is 5.91 Å². The Hall–Kier alpha value is -3.27. The van der Waals surface area contributed by atoms with Crippen LogP contribution in [-0.2, 0) is 4.79 Å². The van der Waals surface area contributed by atoms with Crippen LogP contribution in [0.4, 0.5) is 9.18 Å². The first-order valence-electron chi connectivity index (χ1n) is 10.0. The summed E-state index contributed by atoms with van der Waals surface area (Å²) < 4.78 is 13.2. The quantitative estimate of drug-likeness (QED) is 0.658. The molecular weight excluding hydrogens is 441 g/mol. The molecule has 0 radical (unpaired) electrons. The summed E-state index contributed by atoms with van der Waals surface area (Å²) in [5.41, 5.74) is 0.453. The van der Waals surface area contributed by atoms with Crippen molar-refractivity contribution in [1.29, 1.82) is 0 Å². The van der Waals surface area contributed by atoms with Gasteiger partial charge in [0.1, 0.15) is 22.7 Å². The molecule has 3 rings (SSSR count). The molecular formula is C21H23ClFN5O4. The molecule has 0 bridgehead atoms. The number of hydrogen-bond acceptors (Lipinski definition) is 5. The number of carbonyl (C=O) groups is 3. The van der Waals surface area contributed by atoms with Crippen LogP contribution < -0.4 is 5.32 Å². The number of aromatic nitrogens is 2. The summed E-state index contributed by atoms with van der Waals surface area (Å²) in [6.07, 6.45) is -1.02. The third kappa shape index (κ3) is 5.50. The Morgan fingerprint density at radius 1 is 1.06 bits per heavy atom. The first kappa shape index (κ1) is 23.4. The van der Waals surface area contributed by atoms with Gasteiger partial charge in [-0.1, -0.05) is 25.4 Å². The molecule has 0 aliphatic carbocycles. The van der Waals surface area contributed by atoms with Gasteiger partial charge in [-0.3, -0.25) is 9.59 Å². The van der Waals surface area contributed by atoms with Crippen molar-refractivity contribution < 1.29 is 23.9 Å². The molecule has 1 aliphatic heterocycles. The zero-order valence-corrected chi connectivity index (χ0v) is 18.3. The lowest BCUT2D eigenvalue weighted by Gasteiger charge is -2.36. The molecule has 0 spiro atoms. The van der Waals surface area contributed by atoms with Crippen molar-refractivity contribution in [1.82, 2.24) is 25.1 Å². The molecule has 0 unspecified atom stereocenters. The highest BCUT2D eigenvalue weighted by Crippen LogP contribution is 2.19. The highest BCUT2D eigenvalue weighted by Gasteiger charge is 2.32. The Labute approximate surface area is 189 Å². The second-order valence-corrected chi connectivity index (χ2v) is 8.08. The number of carbonyl (C=O) groups excluding carboxylic acids is 2. The van der Waals surface area contributed by atoms with Gasteiger partial charge in [0.05, 0.1) is 0 Å². The number of nitrogens with zero attached hydrogens (tertiary/aromatic N) is 4. The van der Waals surface area contributed by atoms with E-state index >= 15 is 0 Å². The first-order chi connectivity index (χ1) is 15.2. The van der Waals surface area contributed by atoms with Gasteiger partial charge in [0, 0.05) is 37.8 Å². The van der Waals surface area contributed by atoms with E-state index in [1.165, 1.54) is 35.2 Å². The van der Waals surface area contributed by atoms with Crippen molar-refractivity contribution in [3.05, 3.63) is 47.0 Å². The van der Waals surface area contributed by atoms with Gasteiger partial charge in [-0.2, -0.15) is 0 Å². The number of hydrogen-bond donors (Lipinski definition) is 2. The smallest absolute Gasteiger partial charge is 0.407 e. The lowest BCUT2D eigenvalue weighted by Crippen LogP contribution is -2.57. The lowest BCUT2D eigenvalue weighted by atomic mass is 10.0. The molecule has 1 aromatic heterocycles. The highest BCUT2D eigenvalue weighted by atomic mass is 35.5. The van der Waals surface area contributed by atoms with Crippen LogP contribution in [0.1, 0.15) is 24.3 Å². The molecule has 1 aromatic carbocycles. The summed E-state index contributed by atoms with van der Waals surface area (Å²) in [5.74, 6) is -1.39. The number of benzene rings is 1. The molecule has 2 heterocycles. The van der Waals surface area contributed by atoms with Crippen molar-refractivity contribution in [2.75, 3.05) is 26.2 Å². The maximum absolute atomic E-state index is 13.2. The highest BCUT2D eigenvalue weighted by molar-refractivity contribution is 6.29. The van der Waals surface area contributed by atoms with Gasteiger partial charge in [0.15, 0.2) is 5.82 Å². The molecule has 2 N–H and O–H groups in total. The van der Waals surface area contributed by atoms with E-state index in [-0.39, 0.29) is 54.7 Å². The summed E-state index contributed by atoms with van der Waals surface area (Å²) in [6.45, 7) is 4.52. The molecule has 9 nitrogen and oxygen atoms in total. The van der Waals surface area contributed by atoms with Gasteiger partial charge in [-0.05, 0) is 30.2 Å². The van der Waals surface area contributed by atoms with Crippen LogP contribution in [-0.4, -0.2) is 75.0 Å². The molecule has 1 fully saturated rings. The van der Waals surface area contributed by atoms with Crippen LogP contribution in [0.3, 0.4) is 0 Å². The maximum Gasteiger partial charge on any atom is 0.407 e. The molecule has 0 saturated carbocycles. The van der Waals surface area contributed by atoms with Crippen LogP contribution in [0.15, 0.2) is 30.3 Å². The molecule has 1 saturated heterocycles. The average Bonchev–Trinajstić information content (AvgIpc) is 2.76. The Balaban J connectivity index is 1.75. The molecule has 1 aliphatic rings. The minimum Gasteiger partial charge on any atom is -0.465 e. The average molecular weight is 464 g/mol. The molecule has 11 heteroatoms. The van der Waals surface area contributed by atoms with Crippen LogP contribution >= 0.6 is 11.6 Å². The lowest BCUT2D eigenvalue weighted by molar-refractivity contribution is -0.135. The Bertz CT molecular complexity index is 1010. The number of halogens is 2. The standard InChI is InChI=1S/C21H23ClFN5O4/c1-12(2)17(20(30)27-7-9-28(10-8-27)21(31)32)26-19(29)15-11-16(22)25-18(24-15)13-3-5-14(23)6-4-13/h3-6,11-12,17H,7-10H2,1-2H3,(H,26,29)(H,31,32)/t17-/m0/s1. The van der Waals surface area contributed by atoms with Crippen molar-refractivity contribution in [2.24, 2.45) is 5.92 Å². The fraction of sp³-hybridized carbons (Fsp3) is 0.381. The van der Waals surface area contributed by atoms with E-state index in [0.29, 0.717) is 5.56 Å². The van der Waals surface area contributed by atoms with Gasteiger partial charge in [0.2, 0.25) is 5.91 Å². The molecule has 1 atom stereocenters. The fourth-order valence-electron chi connectivity index (χ4n) is 3.31. The second kappa shape index (κ2) is 9.90. The minimum atomic E-state index is -1.02. The normalized spacial score (nSPS) is 14.9. The summed E-state index contributed by atoms with van der Waals surface area (Å²) in [7, 11) is 0. The number of carboxylic acid groups (broad SMARTS) is 1. The van der Waals surface area contributed by atoms with Crippen LogP contribution in [0.2, 0.25) is 5.15 Å². The molecule has 170 valence electrons. The Morgan fingerprint density at radius 2 is 1.66 bits per heavy atom. The van der Waals surface area contributed by atoms with Gasteiger partial charge in [-0.15, -0.1) is 0 Å². The van der Waals surface area contributed by atoms with E-state index in [1.807, 2.05) is 0 Å². The zero-order valence-electron chi connectivity index (χ0n) is 17.6. The van der Waals surface area contributed by atoms with Crippen LogP contribution in [0.5, 0.6) is 0 Å². The molecule has 3 amide bonds. The molecule has 32 heavy (non-hydrogen) atoms. The van der Waals surface area contributed by atoms with E-state index in [9.17, 15) is 18.8 Å². The number of nitrogens with one attached hydrogen (secondary N) is 1. The monoisotopic (exact) mass is 463 g/mol. The van der Waals surface area contributed by atoms with Gasteiger partial charge in [-0.25, -0.2) is 19.2 Å². The van der Waals surface area contributed by atoms with Crippen molar-refractivity contribution in [3.8, 4) is 11.4 Å². The van der Waals surface area contributed by atoms with E-state index in [2.05, 4.69) is 15.3 Å². The number of piperazine rings is 1. The first-order valence-corrected chi connectivity index (χ1v) is 10.4. The summed E-state index contributed by atoms with van der Waals surface area (Å²) in [4.78, 5) is 48.1. The van der Waals surface area contributed by atoms with E-state index in [4.69, 9.17) is 16.7 Å². The number of amides is 3. The Morgan fingerprint density at radius 3 is 2.22 bits per heavy atom. The number of rotatable bonds is 5. The molecule has 2 aromatic rings. The zero-order chi connectivity index (χ0) is 23.4. The van der Waals surface area contributed by atoms with E-state index < -0.39 is 23.9 Å². The van der Waals surface area contributed by atoms with Gasteiger partial charge >= 0.3 is 6.09 Å². The van der Waals surface area contributed by atoms with Gasteiger partial charge < -0.3 is 20.2 Å². The minimum absolute atomic E-state index is 0.0292. The summed E-state index contributed by atoms with van der Waals surface area (Å²) in [6, 6.07) is 5.90. The second-order valence-electron chi connectivity index (χ2n) is 7.70. The third-order valence-electron chi connectivity index (χ3n) is 5.11. The van der Waals surface area contributed by atoms with Crippen LogP contribution in [0.25, 0.3) is 11.4 Å². The maximum atomic E-state index is 13.2. The summed E-state index contributed by atoms with van der Waals surface area (Å²) in [5, 5.41) is 11.8. The van der Waals surface area contributed by atoms with Crippen LogP contribution in [0, 0.1) is 11.7 Å².